The van der Waals surface area contributed by atoms with E-state index in [4.69, 9.17) is 11.6 Å². The molecule has 2 atom stereocenters. The maximum Gasteiger partial charge on any atom is 0.243 e. The highest BCUT2D eigenvalue weighted by molar-refractivity contribution is 9.10. The monoisotopic (exact) mass is 394 g/mol. The van der Waals surface area contributed by atoms with Crippen molar-refractivity contribution in [1.29, 1.82) is 0 Å². The zero-order chi connectivity index (χ0) is 15.6. The van der Waals surface area contributed by atoms with E-state index in [1.54, 1.807) is 22.5 Å². The van der Waals surface area contributed by atoms with Gasteiger partial charge in [0.1, 0.15) is 0 Å². The van der Waals surface area contributed by atoms with Crippen molar-refractivity contribution in [1.82, 2.24) is 9.62 Å². The normalized spacial score (nSPS) is 24.2. The summed E-state index contributed by atoms with van der Waals surface area (Å²) in [5.41, 5.74) is 0. The molecule has 1 aliphatic heterocycles. The molecule has 21 heavy (non-hydrogen) atoms. The second-order valence-electron chi connectivity index (χ2n) is 5.23. The molecular weight excluding hydrogens is 376 g/mol. The van der Waals surface area contributed by atoms with Gasteiger partial charge >= 0.3 is 0 Å². The lowest BCUT2D eigenvalue weighted by Crippen LogP contribution is -2.57. The van der Waals surface area contributed by atoms with Crippen molar-refractivity contribution in [2.75, 3.05) is 13.1 Å². The fraction of sp³-hybridized carbons (Fsp3) is 0.571. The number of halogens is 2. The summed E-state index contributed by atoms with van der Waals surface area (Å²) in [5.74, 6) is 0. The lowest BCUT2D eigenvalue weighted by Gasteiger charge is -2.38. The number of nitrogens with zero attached hydrogens (tertiary/aromatic N) is 1. The number of rotatable bonds is 4. The average Bonchev–Trinajstić information content (AvgIpc) is 2.49. The molecule has 1 fully saturated rings. The van der Waals surface area contributed by atoms with E-state index in [0.29, 0.717) is 22.6 Å². The van der Waals surface area contributed by atoms with Crippen molar-refractivity contribution in [2.24, 2.45) is 0 Å². The van der Waals surface area contributed by atoms with E-state index < -0.39 is 10.0 Å². The van der Waals surface area contributed by atoms with Gasteiger partial charge in [0, 0.05) is 29.6 Å². The maximum atomic E-state index is 12.9. The molecular formula is C14H20BrClN2O2S. The highest BCUT2D eigenvalue weighted by Gasteiger charge is 2.35. The first-order chi connectivity index (χ1) is 9.90. The number of sulfonamides is 1. The number of piperazine rings is 1. The zero-order valence-electron chi connectivity index (χ0n) is 12.1. The van der Waals surface area contributed by atoms with Gasteiger partial charge in [-0.3, -0.25) is 0 Å². The SMILES string of the molecule is CCC1CN(S(=O)(=O)c2ccc(Cl)c(Br)c2)C(CC)CN1. The summed E-state index contributed by atoms with van der Waals surface area (Å²) < 4.78 is 28.1. The Kier molecular flexibility index (Phi) is 5.71. The Balaban J connectivity index is 2.37. The van der Waals surface area contributed by atoms with Gasteiger partial charge in [0.15, 0.2) is 0 Å². The third kappa shape index (κ3) is 3.62. The molecule has 0 aromatic heterocycles. The Hall–Kier alpha value is -0.140. The zero-order valence-corrected chi connectivity index (χ0v) is 15.3. The smallest absolute Gasteiger partial charge is 0.243 e. The third-order valence-electron chi connectivity index (χ3n) is 3.91. The van der Waals surface area contributed by atoms with E-state index >= 15 is 0 Å². The van der Waals surface area contributed by atoms with Crippen molar-refractivity contribution in [3.8, 4) is 0 Å². The molecule has 2 unspecified atom stereocenters. The van der Waals surface area contributed by atoms with Gasteiger partial charge in [0.2, 0.25) is 10.0 Å². The molecule has 1 aromatic carbocycles. The van der Waals surface area contributed by atoms with Crippen LogP contribution in [0.5, 0.6) is 0 Å². The summed E-state index contributed by atoms with van der Waals surface area (Å²) >= 11 is 9.25. The second-order valence-corrected chi connectivity index (χ2v) is 8.38. The van der Waals surface area contributed by atoms with Crippen LogP contribution in [-0.4, -0.2) is 37.9 Å². The standard InChI is InChI=1S/C14H20BrClN2O2S/c1-3-10-9-18(11(4-2)8-17-10)21(19,20)12-5-6-14(16)13(15)7-12/h5-7,10-11,17H,3-4,8-9H2,1-2H3. The molecule has 0 bridgehead atoms. The molecule has 2 rings (SSSR count). The molecule has 0 saturated carbocycles. The first-order valence-electron chi connectivity index (χ1n) is 7.10. The van der Waals surface area contributed by atoms with Crippen LogP contribution in [0.15, 0.2) is 27.6 Å². The summed E-state index contributed by atoms with van der Waals surface area (Å²) in [6, 6.07) is 4.95. The van der Waals surface area contributed by atoms with Gasteiger partial charge in [-0.05, 0) is 47.0 Å². The number of hydrogen-bond donors (Lipinski definition) is 1. The lowest BCUT2D eigenvalue weighted by molar-refractivity contribution is 0.215. The lowest BCUT2D eigenvalue weighted by atomic mass is 10.1. The summed E-state index contributed by atoms with van der Waals surface area (Å²) in [7, 11) is -3.50. The molecule has 1 aromatic rings. The molecule has 1 N–H and O–H groups in total. The van der Waals surface area contributed by atoms with Crippen LogP contribution in [0, 0.1) is 0 Å². The van der Waals surface area contributed by atoms with Gasteiger partial charge < -0.3 is 5.32 Å². The minimum absolute atomic E-state index is 0.00717. The number of nitrogens with one attached hydrogen (secondary N) is 1. The van der Waals surface area contributed by atoms with Crippen LogP contribution in [0.2, 0.25) is 5.02 Å². The van der Waals surface area contributed by atoms with E-state index in [0.717, 1.165) is 12.8 Å². The molecule has 0 radical (unpaired) electrons. The summed E-state index contributed by atoms with van der Waals surface area (Å²) in [5, 5.41) is 3.91. The van der Waals surface area contributed by atoms with E-state index in [1.807, 2.05) is 6.92 Å². The maximum absolute atomic E-state index is 12.9. The molecule has 1 aliphatic rings. The molecule has 0 amide bonds. The highest BCUT2D eigenvalue weighted by Crippen LogP contribution is 2.29. The van der Waals surface area contributed by atoms with Crippen LogP contribution in [0.25, 0.3) is 0 Å². The Morgan fingerprint density at radius 3 is 2.67 bits per heavy atom. The van der Waals surface area contributed by atoms with Crippen LogP contribution in [-0.2, 0) is 10.0 Å². The predicted octanol–water partition coefficient (Wildman–Crippen LogP) is 3.25. The highest BCUT2D eigenvalue weighted by atomic mass is 79.9. The number of hydrogen-bond acceptors (Lipinski definition) is 3. The van der Waals surface area contributed by atoms with E-state index in [1.165, 1.54) is 0 Å². The fourth-order valence-corrected chi connectivity index (χ4v) is 4.94. The van der Waals surface area contributed by atoms with Crippen molar-refractivity contribution < 1.29 is 8.42 Å². The van der Waals surface area contributed by atoms with Crippen LogP contribution < -0.4 is 5.32 Å². The Bertz CT molecular complexity index is 609. The molecule has 1 saturated heterocycles. The number of benzene rings is 1. The molecule has 1 heterocycles. The minimum atomic E-state index is -3.50. The summed E-state index contributed by atoms with van der Waals surface area (Å²) in [6.07, 6.45) is 1.70. The first-order valence-corrected chi connectivity index (χ1v) is 9.71. The van der Waals surface area contributed by atoms with E-state index in [9.17, 15) is 8.42 Å². The molecule has 0 aliphatic carbocycles. The second kappa shape index (κ2) is 6.96. The van der Waals surface area contributed by atoms with Gasteiger partial charge in [-0.2, -0.15) is 4.31 Å². The Morgan fingerprint density at radius 1 is 1.38 bits per heavy atom. The first kappa shape index (κ1) is 17.2. The molecule has 4 nitrogen and oxygen atoms in total. The minimum Gasteiger partial charge on any atom is -0.311 e. The van der Waals surface area contributed by atoms with Gasteiger partial charge in [-0.25, -0.2) is 8.42 Å². The van der Waals surface area contributed by atoms with E-state index in [-0.39, 0.29) is 17.0 Å². The average molecular weight is 396 g/mol. The van der Waals surface area contributed by atoms with Crippen LogP contribution >= 0.6 is 27.5 Å². The molecule has 118 valence electrons. The molecule has 7 heteroatoms. The molecule has 0 spiro atoms. The van der Waals surface area contributed by atoms with Crippen LogP contribution in [0.4, 0.5) is 0 Å². The van der Waals surface area contributed by atoms with Crippen molar-refractivity contribution in [3.63, 3.8) is 0 Å². The van der Waals surface area contributed by atoms with Crippen LogP contribution in [0.1, 0.15) is 26.7 Å². The fourth-order valence-electron chi connectivity index (χ4n) is 2.52. The summed E-state index contributed by atoms with van der Waals surface area (Å²) in [4.78, 5) is 0.286. The van der Waals surface area contributed by atoms with Gasteiger partial charge in [0.05, 0.1) is 9.92 Å². The topological polar surface area (TPSA) is 49.4 Å². The van der Waals surface area contributed by atoms with Gasteiger partial charge in [-0.15, -0.1) is 0 Å². The van der Waals surface area contributed by atoms with Crippen molar-refractivity contribution in [3.05, 3.63) is 27.7 Å². The van der Waals surface area contributed by atoms with E-state index in [2.05, 4.69) is 28.2 Å². The Labute approximate surface area is 140 Å². The summed E-state index contributed by atoms with van der Waals surface area (Å²) in [6.45, 7) is 5.28. The quantitative estimate of drug-likeness (QED) is 0.851. The van der Waals surface area contributed by atoms with Gasteiger partial charge in [0.25, 0.3) is 0 Å². The van der Waals surface area contributed by atoms with Crippen molar-refractivity contribution >= 4 is 37.6 Å². The van der Waals surface area contributed by atoms with Crippen molar-refractivity contribution in [2.45, 2.75) is 43.7 Å². The third-order valence-corrected chi connectivity index (χ3v) is 7.04. The largest absolute Gasteiger partial charge is 0.311 e. The predicted molar refractivity (Wildman–Crippen MR) is 89.2 cm³/mol. The Morgan fingerprint density at radius 2 is 2.10 bits per heavy atom. The van der Waals surface area contributed by atoms with Crippen LogP contribution in [0.3, 0.4) is 0 Å². The van der Waals surface area contributed by atoms with Gasteiger partial charge in [-0.1, -0.05) is 25.4 Å².